The van der Waals surface area contributed by atoms with Crippen LogP contribution in [0.1, 0.15) is 29.9 Å². The van der Waals surface area contributed by atoms with E-state index < -0.39 is 5.91 Å². The molecular weight excluding hydrogens is 372 g/mol. The maximum Gasteiger partial charge on any atom is 0.320 e. The zero-order chi connectivity index (χ0) is 18.4. The molecule has 136 valence electrons. The minimum atomic E-state index is -0.390. The van der Waals surface area contributed by atoms with Gasteiger partial charge >= 0.3 is 6.01 Å². The predicted octanol–water partition coefficient (Wildman–Crippen LogP) is 3.66. The highest BCUT2D eigenvalue weighted by Gasteiger charge is 2.15. The van der Waals surface area contributed by atoms with Gasteiger partial charge in [0, 0.05) is 24.1 Å². The van der Waals surface area contributed by atoms with Gasteiger partial charge in [0.15, 0.2) is 5.13 Å². The molecule has 0 fully saturated rings. The van der Waals surface area contributed by atoms with Crippen LogP contribution in [0.3, 0.4) is 0 Å². The van der Waals surface area contributed by atoms with Crippen LogP contribution in [0, 0.1) is 0 Å². The quantitative estimate of drug-likeness (QED) is 0.632. The molecule has 3 aromatic rings. The third kappa shape index (κ3) is 5.24. The molecule has 0 aliphatic carbocycles. The Morgan fingerprint density at radius 2 is 2.19 bits per heavy atom. The topological polar surface area (TPSA) is 86.2 Å². The van der Waals surface area contributed by atoms with E-state index in [-0.39, 0.29) is 17.8 Å². The summed E-state index contributed by atoms with van der Waals surface area (Å²) in [5.41, 5.74) is 1.36. The first-order chi connectivity index (χ1) is 12.6. The molecule has 3 heterocycles. The average Bonchev–Trinajstić information content (AvgIpc) is 3.28. The van der Waals surface area contributed by atoms with Crippen LogP contribution in [0.4, 0.5) is 5.13 Å². The SMILES string of the molecule is CC(C)Oc1nc(OCCc2ccsc2)cc(C(=O)Nc2nccs2)n1. The number of thiophene rings is 1. The summed E-state index contributed by atoms with van der Waals surface area (Å²) in [5.74, 6) is -0.0891. The van der Waals surface area contributed by atoms with E-state index in [0.29, 0.717) is 17.6 Å². The molecule has 0 bridgehead atoms. The fourth-order valence-corrected chi connectivity index (χ4v) is 3.24. The van der Waals surface area contributed by atoms with E-state index in [2.05, 4.69) is 25.6 Å². The monoisotopic (exact) mass is 390 g/mol. The molecule has 0 spiro atoms. The molecular formula is C17H18N4O3S2. The van der Waals surface area contributed by atoms with Gasteiger partial charge < -0.3 is 9.47 Å². The third-order valence-electron chi connectivity index (χ3n) is 3.13. The molecule has 1 amide bonds. The van der Waals surface area contributed by atoms with Crippen molar-refractivity contribution in [2.24, 2.45) is 0 Å². The second-order valence-corrected chi connectivity index (χ2v) is 7.24. The Bertz CT molecular complexity index is 836. The minimum Gasteiger partial charge on any atom is -0.477 e. The number of amides is 1. The smallest absolute Gasteiger partial charge is 0.320 e. The minimum absolute atomic E-state index is 0.109. The second kappa shape index (κ2) is 8.72. The number of nitrogens with zero attached hydrogens (tertiary/aromatic N) is 3. The summed E-state index contributed by atoms with van der Waals surface area (Å²) in [7, 11) is 0. The van der Waals surface area contributed by atoms with Crippen molar-refractivity contribution in [2.75, 3.05) is 11.9 Å². The number of nitrogens with one attached hydrogen (secondary N) is 1. The summed E-state index contributed by atoms with van der Waals surface area (Å²) >= 11 is 2.97. The fraction of sp³-hybridized carbons (Fsp3) is 0.294. The van der Waals surface area contributed by atoms with E-state index >= 15 is 0 Å². The Morgan fingerprint density at radius 3 is 2.88 bits per heavy atom. The lowest BCUT2D eigenvalue weighted by molar-refractivity contribution is 0.101. The molecule has 0 atom stereocenters. The summed E-state index contributed by atoms with van der Waals surface area (Å²) in [6.07, 6.45) is 2.26. The van der Waals surface area contributed by atoms with Gasteiger partial charge in [-0.25, -0.2) is 4.98 Å². The molecule has 7 nitrogen and oxygen atoms in total. The third-order valence-corrected chi connectivity index (χ3v) is 4.55. The average molecular weight is 390 g/mol. The van der Waals surface area contributed by atoms with Gasteiger partial charge in [-0.15, -0.1) is 11.3 Å². The summed E-state index contributed by atoms with van der Waals surface area (Å²) in [6.45, 7) is 4.17. The van der Waals surface area contributed by atoms with Crippen molar-refractivity contribution in [3.63, 3.8) is 0 Å². The van der Waals surface area contributed by atoms with Gasteiger partial charge in [-0.3, -0.25) is 10.1 Å². The Morgan fingerprint density at radius 1 is 1.31 bits per heavy atom. The first-order valence-electron chi connectivity index (χ1n) is 8.00. The van der Waals surface area contributed by atoms with Crippen LogP contribution in [-0.4, -0.2) is 33.6 Å². The largest absolute Gasteiger partial charge is 0.477 e. The lowest BCUT2D eigenvalue weighted by Crippen LogP contribution is -2.17. The highest BCUT2D eigenvalue weighted by molar-refractivity contribution is 7.13. The second-order valence-electron chi connectivity index (χ2n) is 5.56. The van der Waals surface area contributed by atoms with Crippen LogP contribution < -0.4 is 14.8 Å². The van der Waals surface area contributed by atoms with Gasteiger partial charge in [0.2, 0.25) is 5.88 Å². The van der Waals surface area contributed by atoms with Crippen molar-refractivity contribution in [3.05, 3.63) is 45.7 Å². The summed E-state index contributed by atoms with van der Waals surface area (Å²) in [4.78, 5) is 24.8. The molecule has 0 saturated carbocycles. The molecule has 0 radical (unpaired) electrons. The van der Waals surface area contributed by atoms with Gasteiger partial charge in [0.05, 0.1) is 12.7 Å². The number of aromatic nitrogens is 3. The predicted molar refractivity (Wildman–Crippen MR) is 101 cm³/mol. The van der Waals surface area contributed by atoms with Crippen LogP contribution in [0.5, 0.6) is 11.9 Å². The lowest BCUT2D eigenvalue weighted by Gasteiger charge is -2.11. The highest BCUT2D eigenvalue weighted by atomic mass is 32.1. The molecule has 3 aromatic heterocycles. The Kier molecular flexibility index (Phi) is 6.13. The Labute approximate surface area is 159 Å². The zero-order valence-electron chi connectivity index (χ0n) is 14.3. The highest BCUT2D eigenvalue weighted by Crippen LogP contribution is 2.18. The maximum atomic E-state index is 12.4. The molecule has 26 heavy (non-hydrogen) atoms. The van der Waals surface area contributed by atoms with Crippen molar-refractivity contribution in [2.45, 2.75) is 26.4 Å². The first kappa shape index (κ1) is 18.3. The van der Waals surface area contributed by atoms with Gasteiger partial charge in [-0.2, -0.15) is 21.3 Å². The number of carbonyl (C=O) groups excluding carboxylic acids is 1. The molecule has 1 N–H and O–H groups in total. The molecule has 0 saturated heterocycles. The summed E-state index contributed by atoms with van der Waals surface area (Å²) < 4.78 is 11.2. The number of rotatable bonds is 8. The number of anilines is 1. The molecule has 0 aromatic carbocycles. The molecule has 0 aliphatic rings. The molecule has 0 aliphatic heterocycles. The van der Waals surface area contributed by atoms with Crippen LogP contribution in [0.2, 0.25) is 0 Å². The molecule has 3 rings (SSSR count). The number of ether oxygens (including phenoxy) is 2. The Balaban J connectivity index is 1.73. The van der Waals surface area contributed by atoms with Crippen molar-refractivity contribution in [3.8, 4) is 11.9 Å². The van der Waals surface area contributed by atoms with E-state index in [1.165, 1.54) is 23.0 Å². The number of hydrogen-bond acceptors (Lipinski definition) is 8. The van der Waals surface area contributed by atoms with Gasteiger partial charge in [0.25, 0.3) is 5.91 Å². The maximum absolute atomic E-state index is 12.4. The number of carbonyl (C=O) groups is 1. The van der Waals surface area contributed by atoms with E-state index in [0.717, 1.165) is 6.42 Å². The number of hydrogen-bond donors (Lipinski definition) is 1. The zero-order valence-corrected chi connectivity index (χ0v) is 16.0. The summed E-state index contributed by atoms with van der Waals surface area (Å²) in [6, 6.07) is 3.66. The van der Waals surface area contributed by atoms with Crippen molar-refractivity contribution >= 4 is 33.7 Å². The molecule has 0 unspecified atom stereocenters. The number of thiazole rings is 1. The van der Waals surface area contributed by atoms with E-state index in [1.54, 1.807) is 22.9 Å². The van der Waals surface area contributed by atoms with Gasteiger partial charge in [-0.05, 0) is 36.2 Å². The fourth-order valence-electron chi connectivity index (χ4n) is 2.01. The van der Waals surface area contributed by atoms with Crippen LogP contribution >= 0.6 is 22.7 Å². The van der Waals surface area contributed by atoms with Crippen LogP contribution in [0.25, 0.3) is 0 Å². The normalized spacial score (nSPS) is 10.7. The van der Waals surface area contributed by atoms with E-state index in [4.69, 9.17) is 9.47 Å². The van der Waals surface area contributed by atoms with Gasteiger partial charge in [0.1, 0.15) is 5.69 Å². The standard InChI is InChI=1S/C17H18N4O3S2/c1-11(2)24-16-19-13(15(22)21-17-18-5-8-26-17)9-14(20-16)23-6-3-12-4-7-25-10-12/h4-5,7-11H,3,6H2,1-2H3,(H,18,21,22). The van der Waals surface area contributed by atoms with Gasteiger partial charge in [-0.1, -0.05) is 0 Å². The van der Waals surface area contributed by atoms with Crippen molar-refractivity contribution in [1.82, 2.24) is 15.0 Å². The summed E-state index contributed by atoms with van der Waals surface area (Å²) in [5, 5.41) is 9.07. The van der Waals surface area contributed by atoms with Crippen LogP contribution in [0.15, 0.2) is 34.5 Å². The molecule has 9 heteroatoms. The Hall–Kier alpha value is -2.52. The van der Waals surface area contributed by atoms with Crippen molar-refractivity contribution in [1.29, 1.82) is 0 Å². The lowest BCUT2D eigenvalue weighted by atomic mass is 10.3. The first-order valence-corrected chi connectivity index (χ1v) is 9.83. The van der Waals surface area contributed by atoms with Crippen molar-refractivity contribution < 1.29 is 14.3 Å². The van der Waals surface area contributed by atoms with E-state index in [9.17, 15) is 4.79 Å². The van der Waals surface area contributed by atoms with E-state index in [1.807, 2.05) is 25.3 Å². The van der Waals surface area contributed by atoms with Crippen LogP contribution in [-0.2, 0) is 6.42 Å².